The highest BCUT2D eigenvalue weighted by atomic mass is 127. The first-order valence-corrected chi connectivity index (χ1v) is 8.25. The minimum absolute atomic E-state index is 0. The third-order valence-corrected chi connectivity index (χ3v) is 3.82. The molecule has 1 atom stereocenters. The Bertz CT molecular complexity index is 597. The van der Waals surface area contributed by atoms with Crippen LogP contribution in [0.3, 0.4) is 0 Å². The van der Waals surface area contributed by atoms with E-state index in [4.69, 9.17) is 4.99 Å². The molecule has 0 aliphatic carbocycles. The van der Waals surface area contributed by atoms with Crippen LogP contribution >= 0.6 is 24.0 Å². The van der Waals surface area contributed by atoms with Crippen molar-refractivity contribution >= 4 is 29.9 Å². The van der Waals surface area contributed by atoms with Crippen molar-refractivity contribution in [2.24, 2.45) is 4.99 Å². The summed E-state index contributed by atoms with van der Waals surface area (Å²) in [5.74, 6) is 1.33. The number of nitrogens with zero attached hydrogens (tertiary/aromatic N) is 2. The van der Waals surface area contributed by atoms with Gasteiger partial charge in [-0.3, -0.25) is 4.99 Å². The van der Waals surface area contributed by atoms with Crippen molar-refractivity contribution in [1.82, 2.24) is 10.2 Å². The predicted molar refractivity (Wildman–Crippen MR) is 114 cm³/mol. The topological polar surface area (TPSA) is 27.6 Å². The van der Waals surface area contributed by atoms with Crippen molar-refractivity contribution in [3.8, 4) is 0 Å². The fraction of sp³-hybridized carbons (Fsp3) is 0.350. The number of hydrogen-bond donors (Lipinski definition) is 1. The molecule has 3 nitrogen and oxygen atoms in total. The highest BCUT2D eigenvalue weighted by Crippen LogP contribution is 2.21. The Kier molecular flexibility index (Phi) is 9.45. The van der Waals surface area contributed by atoms with Gasteiger partial charge in [0.15, 0.2) is 5.96 Å². The quantitative estimate of drug-likeness (QED) is 0.418. The molecule has 0 radical (unpaired) electrons. The van der Waals surface area contributed by atoms with Gasteiger partial charge in [0.25, 0.3) is 0 Å². The zero-order chi connectivity index (χ0) is 16.5. The normalized spacial score (nSPS) is 12.2. The van der Waals surface area contributed by atoms with Crippen molar-refractivity contribution in [2.75, 3.05) is 27.2 Å². The molecular formula is C20H28IN3. The van der Waals surface area contributed by atoms with E-state index >= 15 is 0 Å². The van der Waals surface area contributed by atoms with E-state index in [0.717, 1.165) is 25.5 Å². The fourth-order valence-corrected chi connectivity index (χ4v) is 2.62. The molecule has 0 fully saturated rings. The Morgan fingerprint density at radius 1 is 1.00 bits per heavy atom. The standard InChI is InChI=1S/C20H27N3.HI/c1-4-21-20(23(2)3)22-16-19(18-13-9-6-10-14-18)15-17-11-7-5-8-12-17;/h5-14,19H,4,15-16H2,1-3H3,(H,21,22);1H. The molecule has 1 unspecified atom stereocenters. The molecule has 130 valence electrons. The Morgan fingerprint density at radius 2 is 1.58 bits per heavy atom. The van der Waals surface area contributed by atoms with Gasteiger partial charge in [-0.1, -0.05) is 60.7 Å². The Labute approximate surface area is 163 Å². The maximum absolute atomic E-state index is 4.82. The van der Waals surface area contributed by atoms with Gasteiger partial charge in [0.2, 0.25) is 0 Å². The summed E-state index contributed by atoms with van der Waals surface area (Å²) in [4.78, 5) is 6.85. The van der Waals surface area contributed by atoms with Crippen molar-refractivity contribution in [3.05, 3.63) is 71.8 Å². The van der Waals surface area contributed by atoms with Crippen molar-refractivity contribution < 1.29 is 0 Å². The lowest BCUT2D eigenvalue weighted by molar-refractivity contribution is 0.576. The number of guanidine groups is 1. The summed E-state index contributed by atoms with van der Waals surface area (Å²) >= 11 is 0. The van der Waals surface area contributed by atoms with Gasteiger partial charge in [-0.2, -0.15) is 0 Å². The first-order chi connectivity index (χ1) is 11.2. The number of nitrogens with one attached hydrogen (secondary N) is 1. The molecule has 0 saturated carbocycles. The minimum atomic E-state index is 0. The highest BCUT2D eigenvalue weighted by Gasteiger charge is 2.13. The first-order valence-electron chi connectivity index (χ1n) is 8.25. The molecule has 1 N–H and O–H groups in total. The second-order valence-corrected chi connectivity index (χ2v) is 5.89. The van der Waals surface area contributed by atoms with Gasteiger partial charge in [0, 0.05) is 33.1 Å². The molecule has 2 rings (SSSR count). The summed E-state index contributed by atoms with van der Waals surface area (Å²) in [6, 6.07) is 21.3. The van der Waals surface area contributed by atoms with Crippen LogP contribution < -0.4 is 5.32 Å². The van der Waals surface area contributed by atoms with E-state index in [0.29, 0.717) is 5.92 Å². The zero-order valence-corrected chi connectivity index (χ0v) is 17.1. The molecule has 0 aromatic heterocycles. The minimum Gasteiger partial charge on any atom is -0.357 e. The van der Waals surface area contributed by atoms with Gasteiger partial charge in [-0.05, 0) is 24.5 Å². The molecule has 0 saturated heterocycles. The second-order valence-electron chi connectivity index (χ2n) is 5.89. The van der Waals surface area contributed by atoms with Gasteiger partial charge in [-0.25, -0.2) is 0 Å². The van der Waals surface area contributed by atoms with E-state index in [2.05, 4.69) is 72.9 Å². The number of halogens is 1. The van der Waals surface area contributed by atoms with Gasteiger partial charge < -0.3 is 10.2 Å². The van der Waals surface area contributed by atoms with Crippen LogP contribution in [0.4, 0.5) is 0 Å². The monoisotopic (exact) mass is 437 g/mol. The van der Waals surface area contributed by atoms with E-state index in [-0.39, 0.29) is 24.0 Å². The van der Waals surface area contributed by atoms with E-state index in [9.17, 15) is 0 Å². The van der Waals surface area contributed by atoms with Crippen LogP contribution in [-0.2, 0) is 6.42 Å². The summed E-state index contributed by atoms with van der Waals surface area (Å²) in [6.07, 6.45) is 1.00. The van der Waals surface area contributed by atoms with Crippen LogP contribution in [0.25, 0.3) is 0 Å². The molecule has 0 aliphatic rings. The Balaban J connectivity index is 0.00000288. The summed E-state index contributed by atoms with van der Waals surface area (Å²) in [7, 11) is 4.05. The van der Waals surface area contributed by atoms with Crippen molar-refractivity contribution in [2.45, 2.75) is 19.3 Å². The van der Waals surface area contributed by atoms with Crippen LogP contribution in [0.2, 0.25) is 0 Å². The van der Waals surface area contributed by atoms with Gasteiger partial charge in [0.1, 0.15) is 0 Å². The summed E-state index contributed by atoms with van der Waals surface area (Å²) in [5.41, 5.74) is 2.70. The van der Waals surface area contributed by atoms with Gasteiger partial charge in [0.05, 0.1) is 0 Å². The molecule has 2 aromatic rings. The molecular weight excluding hydrogens is 409 g/mol. The average molecular weight is 437 g/mol. The number of aliphatic imine (C=N–C) groups is 1. The molecule has 0 heterocycles. The first kappa shape index (κ1) is 20.5. The van der Waals surface area contributed by atoms with Gasteiger partial charge in [-0.15, -0.1) is 24.0 Å². The zero-order valence-electron chi connectivity index (χ0n) is 14.8. The smallest absolute Gasteiger partial charge is 0.193 e. The molecule has 0 spiro atoms. The molecule has 4 heteroatoms. The average Bonchev–Trinajstić information content (AvgIpc) is 2.59. The van der Waals surface area contributed by atoms with Crippen molar-refractivity contribution in [3.63, 3.8) is 0 Å². The molecule has 0 aliphatic heterocycles. The molecule has 2 aromatic carbocycles. The van der Waals surface area contributed by atoms with E-state index in [1.54, 1.807) is 0 Å². The number of benzene rings is 2. The fourth-order valence-electron chi connectivity index (χ4n) is 2.62. The van der Waals surface area contributed by atoms with Crippen LogP contribution in [0.1, 0.15) is 24.0 Å². The molecule has 0 amide bonds. The second kappa shape index (κ2) is 11.1. The number of hydrogen-bond acceptors (Lipinski definition) is 1. The van der Waals surface area contributed by atoms with Crippen LogP contribution in [0.5, 0.6) is 0 Å². The summed E-state index contributed by atoms with van der Waals surface area (Å²) < 4.78 is 0. The maximum atomic E-state index is 4.82. The van der Waals surface area contributed by atoms with Gasteiger partial charge >= 0.3 is 0 Å². The van der Waals surface area contributed by atoms with Crippen LogP contribution in [0.15, 0.2) is 65.7 Å². The largest absolute Gasteiger partial charge is 0.357 e. The highest BCUT2D eigenvalue weighted by molar-refractivity contribution is 14.0. The number of rotatable bonds is 6. The van der Waals surface area contributed by atoms with E-state index in [1.807, 2.05) is 19.0 Å². The van der Waals surface area contributed by atoms with Crippen molar-refractivity contribution in [1.29, 1.82) is 0 Å². The third-order valence-electron chi connectivity index (χ3n) is 3.82. The summed E-state index contributed by atoms with van der Waals surface area (Å²) in [6.45, 7) is 3.75. The lowest BCUT2D eigenvalue weighted by Crippen LogP contribution is -2.36. The van der Waals surface area contributed by atoms with E-state index < -0.39 is 0 Å². The SMILES string of the molecule is CCNC(=NCC(Cc1ccccc1)c1ccccc1)N(C)C.I. The summed E-state index contributed by atoms with van der Waals surface area (Å²) in [5, 5.41) is 3.33. The van der Waals surface area contributed by atoms with Crippen LogP contribution in [-0.4, -0.2) is 38.0 Å². The van der Waals surface area contributed by atoms with Crippen LogP contribution in [0, 0.1) is 0 Å². The van der Waals surface area contributed by atoms with E-state index in [1.165, 1.54) is 11.1 Å². The Hall–Kier alpha value is -1.56. The molecule has 24 heavy (non-hydrogen) atoms. The molecule has 0 bridgehead atoms. The third kappa shape index (κ3) is 6.51. The Morgan fingerprint density at radius 3 is 2.12 bits per heavy atom. The lowest BCUT2D eigenvalue weighted by Gasteiger charge is -2.20. The predicted octanol–water partition coefficient (Wildman–Crippen LogP) is 4.16. The lowest BCUT2D eigenvalue weighted by atomic mass is 9.92. The maximum Gasteiger partial charge on any atom is 0.193 e.